The highest BCUT2D eigenvalue weighted by molar-refractivity contribution is 6.04. The Morgan fingerprint density at radius 1 is 1.26 bits per heavy atom. The smallest absolute Gasteiger partial charge is 0.256 e. The van der Waals surface area contributed by atoms with Crippen LogP contribution in [-0.4, -0.2) is 23.8 Å². The molecule has 0 fully saturated rings. The first-order valence-corrected chi connectivity index (χ1v) is 8.84. The molecule has 1 heterocycles. The summed E-state index contributed by atoms with van der Waals surface area (Å²) in [5.41, 5.74) is 1.58. The van der Waals surface area contributed by atoms with Gasteiger partial charge in [-0.15, -0.1) is 0 Å². The number of nitriles is 1. The van der Waals surface area contributed by atoms with Crippen LogP contribution < -0.4 is 10.6 Å². The molecule has 0 aliphatic carbocycles. The topological polar surface area (TPSA) is 90.2 Å². The number of rotatable bonds is 5. The van der Waals surface area contributed by atoms with Crippen LogP contribution in [0.25, 0.3) is 0 Å². The Balaban J connectivity index is 2.24. The van der Waals surface area contributed by atoms with Gasteiger partial charge in [-0.3, -0.25) is 9.79 Å². The average Bonchev–Trinajstić information content (AvgIpc) is 2.68. The molecule has 2 rings (SSSR count). The van der Waals surface area contributed by atoms with E-state index in [0.717, 1.165) is 23.4 Å². The molecule has 0 aliphatic heterocycles. The number of hydrogen-bond donors (Lipinski definition) is 2. The molecule has 1 amide bonds. The SMILES string of the molecule is CCC(=NC)Nc1nc(NC(=O)c2cccc(C(C)(C)C#N)c2)ccc1C. The van der Waals surface area contributed by atoms with Crippen molar-refractivity contribution in [3.05, 3.63) is 53.1 Å². The summed E-state index contributed by atoms with van der Waals surface area (Å²) in [6, 6.07) is 13.0. The third kappa shape index (κ3) is 4.91. The molecule has 0 atom stereocenters. The van der Waals surface area contributed by atoms with E-state index in [1.54, 1.807) is 31.3 Å². The molecule has 2 N–H and O–H groups in total. The molecule has 27 heavy (non-hydrogen) atoms. The van der Waals surface area contributed by atoms with E-state index in [2.05, 4.69) is 26.7 Å². The predicted octanol–water partition coefficient (Wildman–Crippen LogP) is 4.29. The lowest BCUT2D eigenvalue weighted by Crippen LogP contribution is -2.18. The van der Waals surface area contributed by atoms with Crippen LogP contribution >= 0.6 is 0 Å². The van der Waals surface area contributed by atoms with Gasteiger partial charge in [0.2, 0.25) is 0 Å². The zero-order valence-electron chi connectivity index (χ0n) is 16.4. The number of nitrogens with zero attached hydrogens (tertiary/aromatic N) is 3. The first-order valence-electron chi connectivity index (χ1n) is 8.84. The highest BCUT2D eigenvalue weighted by atomic mass is 16.1. The summed E-state index contributed by atoms with van der Waals surface area (Å²) in [4.78, 5) is 21.3. The van der Waals surface area contributed by atoms with Gasteiger partial charge >= 0.3 is 0 Å². The van der Waals surface area contributed by atoms with Crippen molar-refractivity contribution in [2.45, 2.75) is 39.5 Å². The third-order valence-corrected chi connectivity index (χ3v) is 4.33. The van der Waals surface area contributed by atoms with Crippen molar-refractivity contribution in [3.63, 3.8) is 0 Å². The Kier molecular flexibility index (Phi) is 6.30. The molecule has 0 bridgehead atoms. The third-order valence-electron chi connectivity index (χ3n) is 4.33. The van der Waals surface area contributed by atoms with E-state index in [0.29, 0.717) is 17.2 Å². The largest absolute Gasteiger partial charge is 0.329 e. The number of pyridine rings is 1. The minimum atomic E-state index is -0.661. The summed E-state index contributed by atoms with van der Waals surface area (Å²) in [5.74, 6) is 1.66. The van der Waals surface area contributed by atoms with Gasteiger partial charge in [-0.2, -0.15) is 5.26 Å². The van der Waals surface area contributed by atoms with Gasteiger partial charge in [0.05, 0.1) is 11.5 Å². The Morgan fingerprint density at radius 2 is 2.00 bits per heavy atom. The van der Waals surface area contributed by atoms with Crippen molar-refractivity contribution >= 4 is 23.4 Å². The molecule has 1 aromatic carbocycles. The van der Waals surface area contributed by atoms with Crippen LogP contribution in [0.15, 0.2) is 41.4 Å². The number of hydrogen-bond acceptors (Lipinski definition) is 4. The number of aromatic nitrogens is 1. The lowest BCUT2D eigenvalue weighted by Gasteiger charge is -2.16. The summed E-state index contributed by atoms with van der Waals surface area (Å²) < 4.78 is 0. The van der Waals surface area contributed by atoms with Gasteiger partial charge in [0, 0.05) is 19.0 Å². The van der Waals surface area contributed by atoms with Crippen LogP contribution in [-0.2, 0) is 5.41 Å². The Morgan fingerprint density at radius 3 is 2.63 bits per heavy atom. The normalized spacial score (nSPS) is 11.6. The molecule has 0 unspecified atom stereocenters. The number of benzene rings is 1. The molecule has 6 nitrogen and oxygen atoms in total. The number of nitrogens with one attached hydrogen (secondary N) is 2. The molecule has 2 aromatic rings. The fraction of sp³-hybridized carbons (Fsp3) is 0.333. The van der Waals surface area contributed by atoms with Crippen LogP contribution in [0.5, 0.6) is 0 Å². The number of carbonyl (C=O) groups excluding carboxylic acids is 1. The van der Waals surface area contributed by atoms with Gasteiger partial charge in [0.1, 0.15) is 17.5 Å². The lowest BCUT2D eigenvalue weighted by atomic mass is 9.85. The van der Waals surface area contributed by atoms with Gasteiger partial charge in [-0.25, -0.2) is 4.98 Å². The van der Waals surface area contributed by atoms with E-state index in [4.69, 9.17) is 0 Å². The van der Waals surface area contributed by atoms with Crippen LogP contribution in [0, 0.1) is 18.3 Å². The summed E-state index contributed by atoms with van der Waals surface area (Å²) in [7, 11) is 1.72. The quantitative estimate of drug-likeness (QED) is 0.612. The molecule has 140 valence electrons. The molecule has 0 saturated heterocycles. The summed E-state index contributed by atoms with van der Waals surface area (Å²) >= 11 is 0. The number of amides is 1. The second kappa shape index (κ2) is 8.45. The Labute approximate surface area is 160 Å². The monoisotopic (exact) mass is 363 g/mol. The maximum absolute atomic E-state index is 12.6. The van der Waals surface area contributed by atoms with E-state index in [1.807, 2.05) is 39.8 Å². The molecule has 1 aromatic heterocycles. The van der Waals surface area contributed by atoms with Crippen molar-refractivity contribution in [2.24, 2.45) is 4.99 Å². The molecular weight excluding hydrogens is 338 g/mol. The summed E-state index contributed by atoms with van der Waals surface area (Å²) in [6.07, 6.45) is 0.760. The second-order valence-corrected chi connectivity index (χ2v) is 6.78. The van der Waals surface area contributed by atoms with E-state index in [9.17, 15) is 10.1 Å². The highest BCUT2D eigenvalue weighted by Gasteiger charge is 2.21. The van der Waals surface area contributed by atoms with Crippen LogP contribution in [0.1, 0.15) is 48.7 Å². The lowest BCUT2D eigenvalue weighted by molar-refractivity contribution is 0.102. The standard InChI is InChI=1S/C21H25N5O/c1-6-17(23-5)24-19-14(2)10-11-18(25-19)26-20(27)15-8-7-9-16(12-15)21(3,4)13-22/h7-12H,6H2,1-5H3,(H2,23,24,25,26,27). The van der Waals surface area contributed by atoms with Crippen molar-refractivity contribution in [1.29, 1.82) is 5.26 Å². The fourth-order valence-corrected chi connectivity index (χ4v) is 2.47. The Bertz CT molecular complexity index is 909. The summed E-state index contributed by atoms with van der Waals surface area (Å²) in [5, 5.41) is 15.3. The van der Waals surface area contributed by atoms with Gasteiger partial charge in [0.15, 0.2) is 0 Å². The number of anilines is 2. The van der Waals surface area contributed by atoms with Crippen molar-refractivity contribution in [3.8, 4) is 6.07 Å². The van der Waals surface area contributed by atoms with Gasteiger partial charge in [-0.1, -0.05) is 25.1 Å². The Hall–Kier alpha value is -3.20. The first-order chi connectivity index (χ1) is 12.8. The minimum absolute atomic E-state index is 0.271. The van der Waals surface area contributed by atoms with Gasteiger partial charge < -0.3 is 10.6 Å². The number of amidine groups is 1. The predicted molar refractivity (Wildman–Crippen MR) is 109 cm³/mol. The number of aliphatic imine (C=N–C) groups is 1. The molecule has 0 spiro atoms. The number of carbonyl (C=O) groups is 1. The van der Waals surface area contributed by atoms with Crippen molar-refractivity contribution in [2.75, 3.05) is 17.7 Å². The highest BCUT2D eigenvalue weighted by Crippen LogP contribution is 2.23. The van der Waals surface area contributed by atoms with E-state index < -0.39 is 5.41 Å². The van der Waals surface area contributed by atoms with Crippen LogP contribution in [0.4, 0.5) is 11.6 Å². The summed E-state index contributed by atoms with van der Waals surface area (Å²) in [6.45, 7) is 7.59. The molecular formula is C21H25N5O. The minimum Gasteiger partial charge on any atom is -0.329 e. The van der Waals surface area contributed by atoms with Crippen LogP contribution in [0.3, 0.4) is 0 Å². The van der Waals surface area contributed by atoms with E-state index >= 15 is 0 Å². The van der Waals surface area contributed by atoms with Gasteiger partial charge in [0.25, 0.3) is 5.91 Å². The molecule has 0 saturated carbocycles. The van der Waals surface area contributed by atoms with Crippen molar-refractivity contribution < 1.29 is 4.79 Å². The van der Waals surface area contributed by atoms with E-state index in [1.165, 1.54) is 0 Å². The van der Waals surface area contributed by atoms with Crippen LogP contribution in [0.2, 0.25) is 0 Å². The fourth-order valence-electron chi connectivity index (χ4n) is 2.47. The van der Waals surface area contributed by atoms with E-state index in [-0.39, 0.29) is 5.91 Å². The molecule has 0 radical (unpaired) electrons. The zero-order chi connectivity index (χ0) is 20.0. The molecule has 0 aliphatic rings. The number of aryl methyl sites for hydroxylation is 1. The maximum atomic E-state index is 12.6. The maximum Gasteiger partial charge on any atom is 0.256 e. The van der Waals surface area contributed by atoms with Crippen molar-refractivity contribution in [1.82, 2.24) is 4.98 Å². The zero-order valence-corrected chi connectivity index (χ0v) is 16.4. The first kappa shape index (κ1) is 20.1. The molecule has 6 heteroatoms. The average molecular weight is 363 g/mol. The van der Waals surface area contributed by atoms with Gasteiger partial charge in [-0.05, 0) is 50.1 Å². The second-order valence-electron chi connectivity index (χ2n) is 6.78.